The number of carbonyl (C=O) groups excluding carboxylic acids is 1. The SMILES string of the molecule is CCCNC1(CC(=O)OCC)CCC(CCC)CC1. The summed E-state index contributed by atoms with van der Waals surface area (Å²) in [5.41, 5.74) is 0.00645. The molecule has 1 aliphatic carbocycles. The molecule has 0 aliphatic heterocycles. The van der Waals surface area contributed by atoms with Gasteiger partial charge in [0.25, 0.3) is 0 Å². The molecule has 0 aromatic heterocycles. The van der Waals surface area contributed by atoms with Crippen molar-refractivity contribution in [2.45, 2.75) is 77.7 Å². The highest BCUT2D eigenvalue weighted by Gasteiger charge is 2.36. The zero-order valence-corrected chi connectivity index (χ0v) is 13.0. The predicted octanol–water partition coefficient (Wildman–Crippen LogP) is 3.67. The lowest BCUT2D eigenvalue weighted by molar-refractivity contribution is -0.145. The molecule has 0 atom stereocenters. The lowest BCUT2D eigenvalue weighted by Gasteiger charge is -2.40. The summed E-state index contributed by atoms with van der Waals surface area (Å²) in [5, 5.41) is 3.64. The van der Waals surface area contributed by atoms with E-state index >= 15 is 0 Å². The van der Waals surface area contributed by atoms with Crippen LogP contribution in [0.5, 0.6) is 0 Å². The Hall–Kier alpha value is -0.570. The topological polar surface area (TPSA) is 38.3 Å². The Morgan fingerprint density at radius 1 is 1.21 bits per heavy atom. The Kier molecular flexibility index (Phi) is 7.44. The Bertz CT molecular complexity index is 257. The van der Waals surface area contributed by atoms with Crippen molar-refractivity contribution >= 4 is 5.97 Å². The van der Waals surface area contributed by atoms with Crippen LogP contribution >= 0.6 is 0 Å². The van der Waals surface area contributed by atoms with Gasteiger partial charge >= 0.3 is 5.97 Å². The van der Waals surface area contributed by atoms with E-state index in [4.69, 9.17) is 4.74 Å². The average molecular weight is 269 g/mol. The standard InChI is InChI=1S/C16H31NO2/c1-4-7-14-8-10-16(11-9-14,17-12-5-2)13-15(18)19-6-3/h14,17H,4-13H2,1-3H3. The number of esters is 1. The Morgan fingerprint density at radius 3 is 2.42 bits per heavy atom. The van der Waals surface area contributed by atoms with Crippen LogP contribution in [0.2, 0.25) is 0 Å². The monoisotopic (exact) mass is 269 g/mol. The molecular weight excluding hydrogens is 238 g/mol. The van der Waals surface area contributed by atoms with Gasteiger partial charge in [0.05, 0.1) is 13.0 Å². The van der Waals surface area contributed by atoms with Gasteiger partial charge in [-0.25, -0.2) is 0 Å². The van der Waals surface area contributed by atoms with E-state index < -0.39 is 0 Å². The molecule has 1 fully saturated rings. The maximum absolute atomic E-state index is 11.8. The van der Waals surface area contributed by atoms with Crippen LogP contribution in [0.25, 0.3) is 0 Å². The highest BCUT2D eigenvalue weighted by atomic mass is 16.5. The van der Waals surface area contributed by atoms with Crippen molar-refractivity contribution in [3.63, 3.8) is 0 Å². The van der Waals surface area contributed by atoms with Crippen molar-refractivity contribution in [3.05, 3.63) is 0 Å². The molecule has 112 valence electrons. The van der Waals surface area contributed by atoms with Crippen molar-refractivity contribution in [1.82, 2.24) is 5.32 Å². The lowest BCUT2D eigenvalue weighted by atomic mass is 9.73. The van der Waals surface area contributed by atoms with E-state index in [-0.39, 0.29) is 11.5 Å². The molecule has 0 unspecified atom stereocenters. The van der Waals surface area contributed by atoms with E-state index in [2.05, 4.69) is 19.2 Å². The van der Waals surface area contributed by atoms with E-state index in [1.807, 2.05) is 6.92 Å². The van der Waals surface area contributed by atoms with Crippen molar-refractivity contribution in [3.8, 4) is 0 Å². The minimum absolute atomic E-state index is 0.00645. The number of rotatable bonds is 8. The largest absolute Gasteiger partial charge is 0.466 e. The maximum atomic E-state index is 11.8. The van der Waals surface area contributed by atoms with Gasteiger partial charge in [-0.15, -0.1) is 0 Å². The first kappa shape index (κ1) is 16.5. The summed E-state index contributed by atoms with van der Waals surface area (Å²) in [4.78, 5) is 11.8. The van der Waals surface area contributed by atoms with Crippen LogP contribution in [0.1, 0.15) is 72.1 Å². The molecule has 3 heteroatoms. The van der Waals surface area contributed by atoms with Crippen LogP contribution in [0.4, 0.5) is 0 Å². The average Bonchev–Trinajstić information content (AvgIpc) is 2.40. The van der Waals surface area contributed by atoms with Crippen LogP contribution in [-0.2, 0) is 9.53 Å². The minimum Gasteiger partial charge on any atom is -0.466 e. The van der Waals surface area contributed by atoms with E-state index in [0.29, 0.717) is 13.0 Å². The molecule has 1 rings (SSSR count). The van der Waals surface area contributed by atoms with Crippen molar-refractivity contribution < 1.29 is 9.53 Å². The molecule has 3 nitrogen and oxygen atoms in total. The second-order valence-corrected chi connectivity index (χ2v) is 5.92. The normalized spacial score (nSPS) is 27.2. The van der Waals surface area contributed by atoms with Crippen LogP contribution in [0, 0.1) is 5.92 Å². The van der Waals surface area contributed by atoms with Crippen molar-refractivity contribution in [2.24, 2.45) is 5.92 Å². The fourth-order valence-electron chi connectivity index (χ4n) is 3.22. The molecule has 0 saturated heterocycles. The fourth-order valence-corrected chi connectivity index (χ4v) is 3.22. The Labute approximate surface area is 118 Å². The highest BCUT2D eigenvalue weighted by Crippen LogP contribution is 2.36. The number of nitrogens with one attached hydrogen (secondary N) is 1. The minimum atomic E-state index is -0.0416. The van der Waals surface area contributed by atoms with Gasteiger partial charge in [0.2, 0.25) is 0 Å². The third-order valence-electron chi connectivity index (χ3n) is 4.30. The van der Waals surface area contributed by atoms with Gasteiger partial charge in [-0.05, 0) is 51.5 Å². The van der Waals surface area contributed by atoms with Gasteiger partial charge in [0.15, 0.2) is 0 Å². The third-order valence-corrected chi connectivity index (χ3v) is 4.30. The molecule has 1 saturated carbocycles. The highest BCUT2D eigenvalue weighted by molar-refractivity contribution is 5.71. The first-order valence-corrected chi connectivity index (χ1v) is 8.06. The first-order valence-electron chi connectivity index (χ1n) is 8.06. The van der Waals surface area contributed by atoms with Gasteiger partial charge in [0.1, 0.15) is 0 Å². The first-order chi connectivity index (χ1) is 9.15. The second-order valence-electron chi connectivity index (χ2n) is 5.92. The summed E-state index contributed by atoms with van der Waals surface area (Å²) >= 11 is 0. The summed E-state index contributed by atoms with van der Waals surface area (Å²) in [5.74, 6) is 0.823. The zero-order valence-electron chi connectivity index (χ0n) is 13.0. The number of hydrogen-bond acceptors (Lipinski definition) is 3. The third kappa shape index (κ3) is 5.52. The molecule has 0 heterocycles. The van der Waals surface area contributed by atoms with Crippen LogP contribution in [0.15, 0.2) is 0 Å². The van der Waals surface area contributed by atoms with E-state index in [1.54, 1.807) is 0 Å². The number of carbonyl (C=O) groups is 1. The maximum Gasteiger partial charge on any atom is 0.307 e. The summed E-state index contributed by atoms with van der Waals surface area (Å²) < 4.78 is 5.15. The molecule has 1 N–H and O–H groups in total. The Morgan fingerprint density at radius 2 is 1.89 bits per heavy atom. The molecule has 0 bridgehead atoms. The molecule has 1 aliphatic rings. The van der Waals surface area contributed by atoms with Crippen LogP contribution in [-0.4, -0.2) is 24.7 Å². The van der Waals surface area contributed by atoms with Gasteiger partial charge < -0.3 is 10.1 Å². The van der Waals surface area contributed by atoms with Crippen molar-refractivity contribution in [2.75, 3.05) is 13.2 Å². The second kappa shape index (κ2) is 8.57. The fraction of sp³-hybridized carbons (Fsp3) is 0.938. The summed E-state index contributed by atoms with van der Waals surface area (Å²) in [6.45, 7) is 7.80. The lowest BCUT2D eigenvalue weighted by Crippen LogP contribution is -2.50. The molecule has 19 heavy (non-hydrogen) atoms. The molecule has 0 radical (unpaired) electrons. The van der Waals surface area contributed by atoms with Crippen molar-refractivity contribution in [1.29, 1.82) is 0 Å². The van der Waals surface area contributed by atoms with E-state index in [9.17, 15) is 4.79 Å². The van der Waals surface area contributed by atoms with Gasteiger partial charge in [-0.3, -0.25) is 4.79 Å². The van der Waals surface area contributed by atoms with E-state index in [0.717, 1.165) is 31.7 Å². The molecule has 0 aromatic carbocycles. The number of hydrogen-bond donors (Lipinski definition) is 1. The molecular formula is C16H31NO2. The summed E-state index contributed by atoms with van der Waals surface area (Å²) in [6, 6.07) is 0. The zero-order chi connectivity index (χ0) is 14.1. The molecule has 0 aromatic rings. The van der Waals surface area contributed by atoms with Gasteiger partial charge in [-0.2, -0.15) is 0 Å². The van der Waals surface area contributed by atoms with Crippen LogP contribution in [0.3, 0.4) is 0 Å². The quantitative estimate of drug-likeness (QED) is 0.683. The summed E-state index contributed by atoms with van der Waals surface area (Å²) in [7, 11) is 0. The molecule has 0 spiro atoms. The van der Waals surface area contributed by atoms with Gasteiger partial charge in [-0.1, -0.05) is 26.7 Å². The molecule has 0 amide bonds. The summed E-state index contributed by atoms with van der Waals surface area (Å²) in [6.07, 6.45) is 9.02. The number of ether oxygens (including phenoxy) is 1. The van der Waals surface area contributed by atoms with Crippen LogP contribution < -0.4 is 5.32 Å². The smallest absolute Gasteiger partial charge is 0.307 e. The van der Waals surface area contributed by atoms with E-state index in [1.165, 1.54) is 25.7 Å². The van der Waals surface area contributed by atoms with Gasteiger partial charge in [0, 0.05) is 5.54 Å². The Balaban J connectivity index is 2.54. The predicted molar refractivity (Wildman–Crippen MR) is 79.1 cm³/mol.